The van der Waals surface area contributed by atoms with Gasteiger partial charge in [0.2, 0.25) is 11.8 Å². The molecule has 1 aromatic heterocycles. The number of pyridine rings is 1. The number of hydrogen-bond donors (Lipinski definition) is 3. The van der Waals surface area contributed by atoms with Gasteiger partial charge in [0, 0.05) is 18.8 Å². The molecule has 94 valence electrons. The number of nitrogens with zero attached hydrogens (tertiary/aromatic N) is 2. The maximum atomic E-state index is 5.35. The van der Waals surface area contributed by atoms with Crippen molar-refractivity contribution in [1.82, 2.24) is 15.7 Å². The number of aromatic nitrogens is 1. The van der Waals surface area contributed by atoms with E-state index in [1.165, 1.54) is 0 Å². The molecular weight excluding hydrogens is 218 g/mol. The molecule has 4 N–H and O–H groups in total. The zero-order valence-electron chi connectivity index (χ0n) is 10.2. The molecule has 1 heterocycles. The van der Waals surface area contributed by atoms with Crippen molar-refractivity contribution < 1.29 is 4.74 Å². The van der Waals surface area contributed by atoms with E-state index in [-0.39, 0.29) is 0 Å². The Hall–Kier alpha value is -1.82. The third kappa shape index (κ3) is 4.69. The number of hydrazine groups is 1. The van der Waals surface area contributed by atoms with Gasteiger partial charge in [-0.3, -0.25) is 5.43 Å². The van der Waals surface area contributed by atoms with E-state index in [0.717, 1.165) is 18.5 Å². The Labute approximate surface area is 101 Å². The van der Waals surface area contributed by atoms with Crippen molar-refractivity contribution in [3.8, 4) is 5.88 Å². The van der Waals surface area contributed by atoms with Gasteiger partial charge in [0.1, 0.15) is 0 Å². The topological polar surface area (TPSA) is 84.6 Å². The van der Waals surface area contributed by atoms with Gasteiger partial charge in [-0.2, -0.15) is 0 Å². The van der Waals surface area contributed by atoms with E-state index < -0.39 is 0 Å². The largest absolute Gasteiger partial charge is 0.481 e. The molecule has 1 rings (SSSR count). The smallest absolute Gasteiger partial charge is 0.213 e. The molecule has 0 radical (unpaired) electrons. The summed E-state index contributed by atoms with van der Waals surface area (Å²) < 4.78 is 5.04. The number of hydrogen-bond acceptors (Lipinski definition) is 4. The van der Waals surface area contributed by atoms with Crippen LogP contribution in [0, 0.1) is 0 Å². The Kier molecular flexibility index (Phi) is 5.81. The van der Waals surface area contributed by atoms with Crippen LogP contribution < -0.4 is 21.3 Å². The van der Waals surface area contributed by atoms with Gasteiger partial charge in [0.15, 0.2) is 0 Å². The third-order valence-electron chi connectivity index (χ3n) is 2.11. The van der Waals surface area contributed by atoms with Crippen LogP contribution in [-0.2, 0) is 6.54 Å². The molecular formula is C11H19N5O. The average Bonchev–Trinajstić information content (AvgIpc) is 2.39. The first-order valence-corrected chi connectivity index (χ1v) is 5.54. The highest BCUT2D eigenvalue weighted by atomic mass is 16.5. The monoisotopic (exact) mass is 237 g/mol. The van der Waals surface area contributed by atoms with Crippen molar-refractivity contribution in [2.24, 2.45) is 10.8 Å². The molecule has 0 atom stereocenters. The van der Waals surface area contributed by atoms with Gasteiger partial charge in [0.25, 0.3) is 0 Å². The molecule has 0 unspecified atom stereocenters. The second-order valence-electron chi connectivity index (χ2n) is 3.44. The minimum atomic E-state index is 0.523. The van der Waals surface area contributed by atoms with Gasteiger partial charge in [-0.15, -0.1) is 0 Å². The highest BCUT2D eigenvalue weighted by Crippen LogP contribution is 2.09. The van der Waals surface area contributed by atoms with Crippen LogP contribution in [0.3, 0.4) is 0 Å². The first kappa shape index (κ1) is 13.2. The molecule has 0 aliphatic heterocycles. The number of ether oxygens (including phenoxy) is 1. The lowest BCUT2D eigenvalue weighted by Gasteiger charge is -2.07. The molecule has 17 heavy (non-hydrogen) atoms. The fourth-order valence-corrected chi connectivity index (χ4v) is 1.23. The number of guanidine groups is 1. The zero-order valence-corrected chi connectivity index (χ0v) is 10.2. The van der Waals surface area contributed by atoms with Crippen LogP contribution >= 0.6 is 0 Å². The summed E-state index contributed by atoms with van der Waals surface area (Å²) in [6.45, 7) is 3.44. The highest BCUT2D eigenvalue weighted by Gasteiger charge is 1.97. The summed E-state index contributed by atoms with van der Waals surface area (Å²) >= 11 is 0. The third-order valence-corrected chi connectivity index (χ3v) is 2.11. The molecule has 0 aromatic carbocycles. The van der Waals surface area contributed by atoms with Crippen molar-refractivity contribution in [3.63, 3.8) is 0 Å². The molecule has 0 saturated carbocycles. The summed E-state index contributed by atoms with van der Waals surface area (Å²) in [6, 6.07) is 3.73. The summed E-state index contributed by atoms with van der Waals surface area (Å²) in [5.41, 5.74) is 3.54. The molecule has 0 aliphatic carbocycles. The molecule has 1 aromatic rings. The Morgan fingerprint density at radius 2 is 2.41 bits per heavy atom. The zero-order chi connectivity index (χ0) is 12.5. The van der Waals surface area contributed by atoms with Crippen LogP contribution in [-0.4, -0.2) is 24.6 Å². The van der Waals surface area contributed by atoms with E-state index in [4.69, 9.17) is 10.6 Å². The number of methoxy groups -OCH3 is 1. The molecule has 0 bridgehead atoms. The quantitative estimate of drug-likeness (QED) is 0.299. The highest BCUT2D eigenvalue weighted by molar-refractivity contribution is 5.79. The maximum absolute atomic E-state index is 5.35. The maximum Gasteiger partial charge on any atom is 0.213 e. The Morgan fingerprint density at radius 3 is 3.06 bits per heavy atom. The van der Waals surface area contributed by atoms with Gasteiger partial charge < -0.3 is 10.1 Å². The Morgan fingerprint density at radius 1 is 1.59 bits per heavy atom. The van der Waals surface area contributed by atoms with Crippen LogP contribution in [0.4, 0.5) is 0 Å². The molecule has 0 saturated heterocycles. The van der Waals surface area contributed by atoms with E-state index in [9.17, 15) is 0 Å². The lowest BCUT2D eigenvalue weighted by atomic mass is 10.3. The normalized spacial score (nSPS) is 11.1. The van der Waals surface area contributed by atoms with Gasteiger partial charge in [-0.25, -0.2) is 15.8 Å². The molecule has 0 aliphatic rings. The van der Waals surface area contributed by atoms with E-state index in [2.05, 4.69) is 27.6 Å². The second-order valence-corrected chi connectivity index (χ2v) is 3.44. The van der Waals surface area contributed by atoms with Crippen LogP contribution in [0.2, 0.25) is 0 Å². The predicted molar refractivity (Wildman–Crippen MR) is 67.5 cm³/mol. The minimum absolute atomic E-state index is 0.523. The van der Waals surface area contributed by atoms with E-state index in [1.807, 2.05) is 12.1 Å². The number of aliphatic imine (C=N–C) groups is 1. The first-order chi connectivity index (χ1) is 8.30. The Balaban J connectivity index is 2.59. The number of nitrogens with two attached hydrogens (primary N) is 1. The standard InChI is InChI=1S/C11H19N5O/c1-3-5-14-11(16-12)15-8-9-4-6-13-10(7-9)17-2/h4,6-7H,3,5,8,12H2,1-2H3,(H2,14,15,16). The number of nitrogens with one attached hydrogen (secondary N) is 2. The van der Waals surface area contributed by atoms with Crippen LogP contribution in [0.1, 0.15) is 18.9 Å². The van der Waals surface area contributed by atoms with Gasteiger partial charge in [-0.05, 0) is 18.1 Å². The Bertz CT molecular complexity index is 367. The first-order valence-electron chi connectivity index (χ1n) is 5.54. The lowest BCUT2D eigenvalue weighted by Crippen LogP contribution is -2.41. The minimum Gasteiger partial charge on any atom is -0.481 e. The molecule has 0 amide bonds. The molecule has 6 nitrogen and oxygen atoms in total. The van der Waals surface area contributed by atoms with E-state index in [1.54, 1.807) is 13.3 Å². The van der Waals surface area contributed by atoms with Crippen molar-refractivity contribution in [3.05, 3.63) is 23.9 Å². The molecule has 6 heteroatoms. The fourth-order valence-electron chi connectivity index (χ4n) is 1.23. The van der Waals surface area contributed by atoms with Crippen LogP contribution in [0.15, 0.2) is 23.3 Å². The van der Waals surface area contributed by atoms with Gasteiger partial charge in [0.05, 0.1) is 13.7 Å². The number of rotatable bonds is 5. The summed E-state index contributed by atoms with van der Waals surface area (Å²) in [4.78, 5) is 8.34. The van der Waals surface area contributed by atoms with E-state index >= 15 is 0 Å². The van der Waals surface area contributed by atoms with Crippen LogP contribution in [0.25, 0.3) is 0 Å². The van der Waals surface area contributed by atoms with E-state index in [0.29, 0.717) is 18.4 Å². The fraction of sp³-hybridized carbons (Fsp3) is 0.455. The SMILES string of the molecule is CCCNC(=NCc1ccnc(OC)c1)NN. The van der Waals surface area contributed by atoms with Crippen molar-refractivity contribution in [2.45, 2.75) is 19.9 Å². The second kappa shape index (κ2) is 7.45. The average molecular weight is 237 g/mol. The van der Waals surface area contributed by atoms with Crippen LogP contribution in [0.5, 0.6) is 5.88 Å². The van der Waals surface area contributed by atoms with Gasteiger partial charge >= 0.3 is 0 Å². The lowest BCUT2D eigenvalue weighted by molar-refractivity contribution is 0.397. The van der Waals surface area contributed by atoms with Gasteiger partial charge in [-0.1, -0.05) is 6.92 Å². The molecule has 0 fully saturated rings. The summed E-state index contributed by atoms with van der Waals surface area (Å²) in [5, 5.41) is 3.08. The van der Waals surface area contributed by atoms with Crippen molar-refractivity contribution in [2.75, 3.05) is 13.7 Å². The van der Waals surface area contributed by atoms with Crippen molar-refractivity contribution in [1.29, 1.82) is 0 Å². The summed E-state index contributed by atoms with van der Waals surface area (Å²) in [7, 11) is 1.59. The van der Waals surface area contributed by atoms with Crippen molar-refractivity contribution >= 4 is 5.96 Å². The summed E-state index contributed by atoms with van der Waals surface area (Å²) in [5.74, 6) is 6.52. The summed E-state index contributed by atoms with van der Waals surface area (Å²) in [6.07, 6.45) is 2.71. The molecule has 0 spiro atoms. The predicted octanol–water partition coefficient (Wildman–Crippen LogP) is 0.409.